The first kappa shape index (κ1) is 11.8. The molecule has 0 amide bonds. The monoisotopic (exact) mass is 252 g/mol. The lowest BCUT2D eigenvalue weighted by Gasteiger charge is -2.15. The van der Waals surface area contributed by atoms with Gasteiger partial charge in [-0.15, -0.1) is 0 Å². The second-order valence-electron chi connectivity index (χ2n) is 4.02. The van der Waals surface area contributed by atoms with Crippen molar-refractivity contribution in [2.24, 2.45) is 0 Å². The molecule has 0 saturated heterocycles. The molecule has 4 nitrogen and oxygen atoms in total. The maximum atomic E-state index is 9.86. The highest BCUT2D eigenvalue weighted by atomic mass is 35.5. The van der Waals surface area contributed by atoms with Gasteiger partial charge >= 0.3 is 0 Å². The minimum absolute atomic E-state index is 0.112. The van der Waals surface area contributed by atoms with Crippen LogP contribution < -0.4 is 5.73 Å². The van der Waals surface area contributed by atoms with Crippen LogP contribution in [-0.4, -0.2) is 10.3 Å². The molecule has 90 valence electrons. The molecule has 1 heterocycles. The zero-order valence-corrected chi connectivity index (χ0v) is 10.6. The average molecular weight is 253 g/mol. The van der Waals surface area contributed by atoms with Crippen molar-refractivity contribution in [1.82, 2.24) is 5.16 Å². The molecule has 1 aromatic heterocycles. The Kier molecular flexibility index (Phi) is 2.75. The molecule has 2 aromatic rings. The van der Waals surface area contributed by atoms with Crippen LogP contribution in [0.1, 0.15) is 16.7 Å². The second-order valence-corrected chi connectivity index (χ2v) is 4.39. The number of phenols is 1. The van der Waals surface area contributed by atoms with E-state index in [-0.39, 0.29) is 11.6 Å². The molecule has 0 radical (unpaired) electrons. The molecule has 0 saturated carbocycles. The fourth-order valence-corrected chi connectivity index (χ4v) is 2.17. The van der Waals surface area contributed by atoms with Crippen molar-refractivity contribution in [1.29, 1.82) is 0 Å². The molecule has 1 aromatic carbocycles. The van der Waals surface area contributed by atoms with Gasteiger partial charge in [-0.3, -0.25) is 0 Å². The Bertz CT molecular complexity index is 561. The number of phenolic OH excluding ortho intramolecular Hbond substituents is 1. The summed E-state index contributed by atoms with van der Waals surface area (Å²) in [4.78, 5) is 0. The Morgan fingerprint density at radius 3 is 2.41 bits per heavy atom. The first-order chi connectivity index (χ1) is 7.95. The van der Waals surface area contributed by atoms with Gasteiger partial charge in [0, 0.05) is 0 Å². The van der Waals surface area contributed by atoms with Crippen LogP contribution in [0.4, 0.5) is 5.88 Å². The number of halogens is 1. The first-order valence-electron chi connectivity index (χ1n) is 5.13. The quantitative estimate of drug-likeness (QED) is 0.817. The topological polar surface area (TPSA) is 72.3 Å². The van der Waals surface area contributed by atoms with Gasteiger partial charge in [-0.2, -0.15) is 0 Å². The minimum Gasteiger partial charge on any atom is -0.506 e. The number of hydrogen-bond acceptors (Lipinski definition) is 4. The number of aromatic nitrogens is 1. The van der Waals surface area contributed by atoms with Crippen LogP contribution in [0.3, 0.4) is 0 Å². The van der Waals surface area contributed by atoms with Gasteiger partial charge in [0.25, 0.3) is 0 Å². The molecule has 5 heteroatoms. The van der Waals surface area contributed by atoms with Gasteiger partial charge in [0.05, 0.1) is 16.8 Å². The van der Waals surface area contributed by atoms with Crippen molar-refractivity contribution in [2.45, 2.75) is 20.8 Å². The van der Waals surface area contributed by atoms with Crippen LogP contribution in [-0.2, 0) is 0 Å². The summed E-state index contributed by atoms with van der Waals surface area (Å²) in [6.45, 7) is 5.54. The summed E-state index contributed by atoms with van der Waals surface area (Å²) >= 11 is 6.09. The van der Waals surface area contributed by atoms with E-state index in [1.165, 1.54) is 0 Å². The number of anilines is 1. The molecule has 0 bridgehead atoms. The number of hydrogen-bond donors (Lipinski definition) is 2. The van der Waals surface area contributed by atoms with E-state index in [0.29, 0.717) is 10.6 Å². The van der Waals surface area contributed by atoms with E-state index in [9.17, 15) is 5.11 Å². The zero-order valence-electron chi connectivity index (χ0n) is 9.84. The van der Waals surface area contributed by atoms with Crippen LogP contribution >= 0.6 is 11.6 Å². The number of nitrogens with zero attached hydrogens (tertiary/aromatic N) is 1. The van der Waals surface area contributed by atoms with E-state index in [1.54, 1.807) is 6.20 Å². The number of aromatic hydroxyl groups is 1. The van der Waals surface area contributed by atoms with Crippen molar-refractivity contribution in [2.75, 3.05) is 5.73 Å². The van der Waals surface area contributed by atoms with Crippen molar-refractivity contribution >= 4 is 17.5 Å². The lowest BCUT2D eigenvalue weighted by Crippen LogP contribution is -1.95. The Morgan fingerprint density at radius 2 is 1.88 bits per heavy atom. The number of rotatable bonds is 1. The Balaban J connectivity index is 2.84. The van der Waals surface area contributed by atoms with Crippen molar-refractivity contribution in [3.05, 3.63) is 27.9 Å². The molecule has 0 fully saturated rings. The average Bonchev–Trinajstić information content (AvgIpc) is 2.71. The van der Waals surface area contributed by atoms with Gasteiger partial charge in [-0.25, -0.2) is 0 Å². The van der Waals surface area contributed by atoms with Crippen LogP contribution in [0.15, 0.2) is 10.7 Å². The van der Waals surface area contributed by atoms with Crippen LogP contribution in [0.5, 0.6) is 5.75 Å². The van der Waals surface area contributed by atoms with Gasteiger partial charge in [0.2, 0.25) is 5.88 Å². The van der Waals surface area contributed by atoms with Crippen molar-refractivity contribution < 1.29 is 9.63 Å². The number of nitrogen functional groups attached to an aromatic ring is 1. The van der Waals surface area contributed by atoms with E-state index < -0.39 is 0 Å². The Morgan fingerprint density at radius 1 is 1.24 bits per heavy atom. The van der Waals surface area contributed by atoms with E-state index >= 15 is 0 Å². The molecular weight excluding hydrogens is 240 g/mol. The summed E-state index contributed by atoms with van der Waals surface area (Å²) in [5.74, 6) is 0.359. The summed E-state index contributed by atoms with van der Waals surface area (Å²) in [6, 6.07) is 0. The van der Waals surface area contributed by atoms with Gasteiger partial charge in [-0.1, -0.05) is 16.8 Å². The number of benzene rings is 1. The normalized spacial score (nSPS) is 10.8. The minimum atomic E-state index is 0.112. The maximum Gasteiger partial charge on any atom is 0.229 e. The van der Waals surface area contributed by atoms with Gasteiger partial charge in [0.1, 0.15) is 5.75 Å². The van der Waals surface area contributed by atoms with Gasteiger partial charge < -0.3 is 15.4 Å². The number of nitrogens with two attached hydrogens (primary N) is 1. The lowest BCUT2D eigenvalue weighted by atomic mass is 9.93. The highest BCUT2D eigenvalue weighted by Gasteiger charge is 2.19. The van der Waals surface area contributed by atoms with Gasteiger partial charge in [0.15, 0.2) is 0 Å². The summed E-state index contributed by atoms with van der Waals surface area (Å²) in [6.07, 6.45) is 1.55. The summed E-state index contributed by atoms with van der Waals surface area (Å²) in [5.41, 5.74) is 9.69. The predicted molar refractivity (Wildman–Crippen MR) is 67.2 cm³/mol. The van der Waals surface area contributed by atoms with Gasteiger partial charge in [-0.05, 0) is 43.0 Å². The lowest BCUT2D eigenvalue weighted by molar-refractivity contribution is 0.436. The van der Waals surface area contributed by atoms with E-state index in [4.69, 9.17) is 21.9 Å². The van der Waals surface area contributed by atoms with Crippen LogP contribution in [0, 0.1) is 20.8 Å². The summed E-state index contributed by atoms with van der Waals surface area (Å²) in [5, 5.41) is 13.9. The fraction of sp³-hybridized carbons (Fsp3) is 0.250. The molecule has 3 N–H and O–H groups in total. The van der Waals surface area contributed by atoms with Crippen molar-refractivity contribution in [3.8, 4) is 16.9 Å². The largest absolute Gasteiger partial charge is 0.506 e. The Hall–Kier alpha value is -1.68. The third-order valence-electron chi connectivity index (χ3n) is 3.07. The van der Waals surface area contributed by atoms with E-state index in [2.05, 4.69) is 5.16 Å². The van der Waals surface area contributed by atoms with E-state index in [0.717, 1.165) is 22.3 Å². The fourth-order valence-electron chi connectivity index (χ4n) is 1.94. The Labute approximate surface area is 104 Å². The highest BCUT2D eigenvalue weighted by Crippen LogP contribution is 2.42. The predicted octanol–water partition coefficient (Wildman–Crippen LogP) is 3.21. The smallest absolute Gasteiger partial charge is 0.229 e. The molecule has 0 aliphatic heterocycles. The molecule has 0 spiro atoms. The molecule has 17 heavy (non-hydrogen) atoms. The molecule has 0 atom stereocenters. The summed E-state index contributed by atoms with van der Waals surface area (Å²) in [7, 11) is 0. The van der Waals surface area contributed by atoms with Crippen molar-refractivity contribution in [3.63, 3.8) is 0 Å². The van der Waals surface area contributed by atoms with Crippen LogP contribution in [0.25, 0.3) is 11.1 Å². The first-order valence-corrected chi connectivity index (χ1v) is 5.51. The third kappa shape index (κ3) is 1.65. The molecule has 0 unspecified atom stereocenters. The second kappa shape index (κ2) is 3.96. The maximum absolute atomic E-state index is 9.86. The molecular formula is C12H13ClN2O2. The highest BCUT2D eigenvalue weighted by molar-refractivity contribution is 6.33. The standard InChI is InChI=1S/C12H13ClN2O2/c1-5-6(2)11(16)10(13)7(3)9(5)8-4-15-17-12(8)14/h4,16H,14H2,1-3H3. The summed E-state index contributed by atoms with van der Waals surface area (Å²) < 4.78 is 4.86. The third-order valence-corrected chi connectivity index (χ3v) is 3.53. The SMILES string of the molecule is Cc1c(C)c(-c2cnoc2N)c(C)c(Cl)c1O. The van der Waals surface area contributed by atoms with E-state index in [1.807, 2.05) is 20.8 Å². The van der Waals surface area contributed by atoms with Crippen LogP contribution in [0.2, 0.25) is 5.02 Å². The molecule has 2 rings (SSSR count). The zero-order chi connectivity index (χ0) is 12.7. The molecule has 0 aliphatic rings. The molecule has 0 aliphatic carbocycles.